The molecule has 2 heterocycles. The van der Waals surface area contributed by atoms with Crippen LogP contribution in [0.15, 0.2) is 58.5 Å². The number of halogens is 1. The monoisotopic (exact) mass is 469 g/mol. The van der Waals surface area contributed by atoms with Gasteiger partial charge in [-0.1, -0.05) is 61.0 Å². The molecule has 0 radical (unpaired) electrons. The van der Waals surface area contributed by atoms with E-state index in [1.165, 1.54) is 11.8 Å². The van der Waals surface area contributed by atoms with E-state index in [4.69, 9.17) is 11.6 Å². The van der Waals surface area contributed by atoms with Crippen molar-refractivity contribution in [3.8, 4) is 0 Å². The second-order valence-electron chi connectivity index (χ2n) is 7.58. The molecule has 166 valence electrons. The summed E-state index contributed by atoms with van der Waals surface area (Å²) in [5.74, 6) is 0.550. The highest BCUT2D eigenvalue weighted by Gasteiger charge is 2.18. The van der Waals surface area contributed by atoms with E-state index in [1.807, 2.05) is 53.8 Å². The Morgan fingerprint density at radius 3 is 2.78 bits per heavy atom. The summed E-state index contributed by atoms with van der Waals surface area (Å²) in [5, 5.41) is 13.4. The number of hydrogen-bond acceptors (Lipinski definition) is 5. The Morgan fingerprint density at radius 1 is 1.19 bits per heavy atom. The van der Waals surface area contributed by atoms with Crippen molar-refractivity contribution in [1.82, 2.24) is 24.5 Å². The molecule has 0 bridgehead atoms. The molecule has 2 aromatic heterocycles. The van der Waals surface area contributed by atoms with E-state index >= 15 is 0 Å². The molecule has 7 nitrogen and oxygen atoms in total. The molecule has 9 heteroatoms. The van der Waals surface area contributed by atoms with Gasteiger partial charge in [-0.25, -0.2) is 0 Å². The van der Waals surface area contributed by atoms with Crippen molar-refractivity contribution in [2.45, 2.75) is 44.4 Å². The van der Waals surface area contributed by atoms with E-state index in [0.29, 0.717) is 27.9 Å². The first-order valence-electron chi connectivity index (χ1n) is 10.5. The van der Waals surface area contributed by atoms with Gasteiger partial charge in [0.15, 0.2) is 5.16 Å². The van der Waals surface area contributed by atoms with Crippen LogP contribution in [0.1, 0.15) is 38.3 Å². The number of benzene rings is 2. The molecule has 4 aromatic rings. The Hall–Kier alpha value is -2.84. The van der Waals surface area contributed by atoms with Crippen LogP contribution in [-0.4, -0.2) is 30.8 Å². The maximum Gasteiger partial charge on any atom is 0.262 e. The lowest BCUT2D eigenvalue weighted by Gasteiger charge is -2.14. The normalized spacial score (nSPS) is 12.3. The molecule has 2 aromatic carbocycles. The number of aromatic nitrogens is 4. The lowest BCUT2D eigenvalue weighted by Crippen LogP contribution is -2.28. The molecule has 4 rings (SSSR count). The third kappa shape index (κ3) is 4.52. The summed E-state index contributed by atoms with van der Waals surface area (Å²) in [7, 11) is 0. The smallest absolute Gasteiger partial charge is 0.262 e. The van der Waals surface area contributed by atoms with Crippen LogP contribution in [0.2, 0.25) is 5.02 Å². The highest BCUT2D eigenvalue weighted by atomic mass is 35.5. The molecular formula is C23H24ClN5O2S. The summed E-state index contributed by atoms with van der Waals surface area (Å²) in [6.45, 7) is 4.57. The summed E-state index contributed by atoms with van der Waals surface area (Å²) in [5.41, 5.74) is 1.61. The van der Waals surface area contributed by atoms with Gasteiger partial charge in [-0.15, -0.1) is 10.2 Å². The van der Waals surface area contributed by atoms with Gasteiger partial charge in [0.1, 0.15) is 0 Å². The third-order valence-corrected chi connectivity index (χ3v) is 6.44. The fraction of sp³-hybridized carbons (Fsp3) is 0.304. The standard InChI is InChI=1S/C23H24ClN5O2S/c1-3-4-12-28-21(31)18-10-5-6-11-19(18)29-22(28)26-27-23(29)32-14-20(30)25-15(2)16-8-7-9-17(24)13-16/h5-11,13,15H,3-4,12,14H2,1-2H3,(H,25,30)/t15-/m0/s1. The van der Waals surface area contributed by atoms with E-state index in [1.54, 1.807) is 10.6 Å². The number of amides is 1. The second-order valence-corrected chi connectivity index (χ2v) is 8.96. The zero-order valence-corrected chi connectivity index (χ0v) is 19.5. The zero-order chi connectivity index (χ0) is 22.7. The number of nitrogens with one attached hydrogen (secondary N) is 1. The van der Waals surface area contributed by atoms with Crippen molar-refractivity contribution in [2.24, 2.45) is 0 Å². The minimum atomic E-state index is -0.169. The Balaban J connectivity index is 1.59. The number of fused-ring (bicyclic) bond motifs is 3. The molecule has 0 aliphatic carbocycles. The van der Waals surface area contributed by atoms with Gasteiger partial charge < -0.3 is 5.32 Å². The van der Waals surface area contributed by atoms with Gasteiger partial charge in [-0.2, -0.15) is 0 Å². The van der Waals surface area contributed by atoms with Crippen LogP contribution in [0.5, 0.6) is 0 Å². The lowest BCUT2D eigenvalue weighted by atomic mass is 10.1. The summed E-state index contributed by atoms with van der Waals surface area (Å²) in [4.78, 5) is 25.6. The molecule has 0 unspecified atom stereocenters. The van der Waals surface area contributed by atoms with Gasteiger partial charge in [0.2, 0.25) is 11.7 Å². The van der Waals surface area contributed by atoms with Crippen LogP contribution in [-0.2, 0) is 11.3 Å². The number of aryl methyl sites for hydroxylation is 1. The van der Waals surface area contributed by atoms with Gasteiger partial charge in [-0.3, -0.25) is 18.6 Å². The average molecular weight is 470 g/mol. The predicted octanol–water partition coefficient (Wildman–Crippen LogP) is 4.47. The Bertz CT molecular complexity index is 1330. The van der Waals surface area contributed by atoms with Crippen LogP contribution in [0.3, 0.4) is 0 Å². The van der Waals surface area contributed by atoms with E-state index in [2.05, 4.69) is 22.4 Å². The van der Waals surface area contributed by atoms with Crippen molar-refractivity contribution in [2.75, 3.05) is 5.75 Å². The quantitative estimate of drug-likeness (QED) is 0.385. The molecular weight excluding hydrogens is 446 g/mol. The highest BCUT2D eigenvalue weighted by Crippen LogP contribution is 2.22. The van der Waals surface area contributed by atoms with Crippen LogP contribution in [0.25, 0.3) is 16.7 Å². The average Bonchev–Trinajstić information content (AvgIpc) is 3.21. The molecule has 0 aliphatic rings. The maximum absolute atomic E-state index is 13.0. The molecule has 1 atom stereocenters. The Kier molecular flexibility index (Phi) is 6.81. The van der Waals surface area contributed by atoms with Gasteiger partial charge in [0.25, 0.3) is 5.56 Å². The highest BCUT2D eigenvalue weighted by molar-refractivity contribution is 7.99. The largest absolute Gasteiger partial charge is 0.349 e. The summed E-state index contributed by atoms with van der Waals surface area (Å²) < 4.78 is 3.54. The first kappa shape index (κ1) is 22.4. The van der Waals surface area contributed by atoms with E-state index in [9.17, 15) is 9.59 Å². The van der Waals surface area contributed by atoms with Gasteiger partial charge in [0.05, 0.1) is 22.7 Å². The number of hydrogen-bond donors (Lipinski definition) is 1. The van der Waals surface area contributed by atoms with Gasteiger partial charge in [0, 0.05) is 11.6 Å². The fourth-order valence-corrected chi connectivity index (χ4v) is 4.57. The SMILES string of the molecule is CCCCn1c(=O)c2ccccc2n2c(SCC(=O)N[C@@H](C)c3cccc(Cl)c3)nnc12. The number of carbonyl (C=O) groups is 1. The zero-order valence-electron chi connectivity index (χ0n) is 17.9. The molecule has 1 N–H and O–H groups in total. The van der Waals surface area contributed by atoms with E-state index < -0.39 is 0 Å². The fourth-order valence-electron chi connectivity index (χ4n) is 3.62. The van der Waals surface area contributed by atoms with Crippen LogP contribution >= 0.6 is 23.4 Å². The molecule has 0 aliphatic heterocycles. The summed E-state index contributed by atoms with van der Waals surface area (Å²) >= 11 is 7.35. The molecule has 0 spiro atoms. The number of thioether (sulfide) groups is 1. The molecule has 0 saturated heterocycles. The number of unbranched alkanes of at least 4 members (excludes halogenated alkanes) is 1. The number of rotatable bonds is 8. The summed E-state index contributed by atoms with van der Waals surface area (Å²) in [6, 6.07) is 14.7. The topological polar surface area (TPSA) is 81.3 Å². The van der Waals surface area contributed by atoms with Gasteiger partial charge in [-0.05, 0) is 43.2 Å². The lowest BCUT2D eigenvalue weighted by molar-refractivity contribution is -0.119. The Labute approximate surface area is 194 Å². The maximum atomic E-state index is 13.0. The van der Waals surface area contributed by atoms with Crippen LogP contribution in [0, 0.1) is 0 Å². The van der Waals surface area contributed by atoms with E-state index in [0.717, 1.165) is 23.9 Å². The minimum absolute atomic E-state index is 0.0708. The van der Waals surface area contributed by atoms with Crippen molar-refractivity contribution in [1.29, 1.82) is 0 Å². The van der Waals surface area contributed by atoms with Crippen molar-refractivity contribution in [3.63, 3.8) is 0 Å². The van der Waals surface area contributed by atoms with Crippen molar-refractivity contribution < 1.29 is 4.79 Å². The molecule has 0 saturated carbocycles. The first-order valence-corrected chi connectivity index (χ1v) is 11.9. The number of nitrogens with zero attached hydrogens (tertiary/aromatic N) is 4. The third-order valence-electron chi connectivity index (χ3n) is 5.27. The predicted molar refractivity (Wildman–Crippen MR) is 128 cm³/mol. The van der Waals surface area contributed by atoms with Crippen LogP contribution < -0.4 is 10.9 Å². The number of para-hydroxylation sites is 1. The second kappa shape index (κ2) is 9.75. The minimum Gasteiger partial charge on any atom is -0.349 e. The number of carbonyl (C=O) groups excluding carboxylic acids is 1. The van der Waals surface area contributed by atoms with Crippen molar-refractivity contribution in [3.05, 3.63) is 69.5 Å². The molecule has 32 heavy (non-hydrogen) atoms. The van der Waals surface area contributed by atoms with Crippen LogP contribution in [0.4, 0.5) is 0 Å². The van der Waals surface area contributed by atoms with Crippen molar-refractivity contribution >= 4 is 46.0 Å². The first-order chi connectivity index (χ1) is 15.5. The summed E-state index contributed by atoms with van der Waals surface area (Å²) in [6.07, 6.45) is 1.83. The molecule has 1 amide bonds. The van der Waals surface area contributed by atoms with E-state index in [-0.39, 0.29) is 23.3 Å². The Morgan fingerprint density at radius 2 is 2.00 bits per heavy atom. The molecule has 0 fully saturated rings. The van der Waals surface area contributed by atoms with Gasteiger partial charge >= 0.3 is 0 Å².